The highest BCUT2D eigenvalue weighted by atomic mass is 16.5. The maximum Gasteiger partial charge on any atom is 0.249 e. The maximum atomic E-state index is 11.9. The molecule has 1 aliphatic rings. The Hall–Kier alpha value is -0.870. The van der Waals surface area contributed by atoms with Gasteiger partial charge in [-0.15, -0.1) is 0 Å². The molecule has 1 heterocycles. The van der Waals surface area contributed by atoms with E-state index in [4.69, 9.17) is 4.74 Å². The number of amides is 1. The summed E-state index contributed by atoms with van der Waals surface area (Å²) in [5.41, 5.74) is 2.10. The minimum absolute atomic E-state index is 0.115. The second kappa shape index (κ2) is 6.01. The molecule has 0 atom stereocenters. The predicted molar refractivity (Wildman–Crippen MR) is 64.3 cm³/mol. The molecule has 0 aliphatic carbocycles. The predicted octanol–water partition coefficient (Wildman–Crippen LogP) is 0.789. The third-order valence-electron chi connectivity index (χ3n) is 2.75. The van der Waals surface area contributed by atoms with Crippen molar-refractivity contribution >= 4 is 5.91 Å². The summed E-state index contributed by atoms with van der Waals surface area (Å²) in [5, 5.41) is 3.14. The van der Waals surface area contributed by atoms with Gasteiger partial charge in [0.25, 0.3) is 0 Å². The van der Waals surface area contributed by atoms with Crippen LogP contribution < -0.4 is 5.32 Å². The molecule has 1 fully saturated rings. The summed E-state index contributed by atoms with van der Waals surface area (Å²) in [7, 11) is 1.82. The van der Waals surface area contributed by atoms with Crippen molar-refractivity contribution in [3.8, 4) is 0 Å². The van der Waals surface area contributed by atoms with Gasteiger partial charge >= 0.3 is 0 Å². The van der Waals surface area contributed by atoms with Crippen LogP contribution in [0.25, 0.3) is 0 Å². The van der Waals surface area contributed by atoms with Gasteiger partial charge in [-0.25, -0.2) is 0 Å². The van der Waals surface area contributed by atoms with Gasteiger partial charge in [-0.3, -0.25) is 4.79 Å². The molecular formula is C12H22N2O2. The lowest BCUT2D eigenvalue weighted by molar-refractivity contribution is -0.126. The monoisotopic (exact) mass is 226 g/mol. The summed E-state index contributed by atoms with van der Waals surface area (Å²) in [5.74, 6) is 0.115. The van der Waals surface area contributed by atoms with E-state index < -0.39 is 0 Å². The van der Waals surface area contributed by atoms with Crippen LogP contribution in [0.4, 0.5) is 0 Å². The maximum absolute atomic E-state index is 11.9. The van der Waals surface area contributed by atoms with Crippen molar-refractivity contribution in [1.82, 2.24) is 10.2 Å². The van der Waals surface area contributed by atoms with Crippen molar-refractivity contribution in [3.63, 3.8) is 0 Å². The van der Waals surface area contributed by atoms with E-state index in [0.717, 1.165) is 18.7 Å². The molecule has 1 amide bonds. The fraction of sp³-hybridized carbons (Fsp3) is 0.750. The van der Waals surface area contributed by atoms with Crippen molar-refractivity contribution < 1.29 is 9.53 Å². The quantitative estimate of drug-likeness (QED) is 0.705. The first-order valence-corrected chi connectivity index (χ1v) is 5.78. The van der Waals surface area contributed by atoms with Gasteiger partial charge < -0.3 is 15.0 Å². The second-order valence-electron chi connectivity index (χ2n) is 4.48. The number of rotatable bonds is 5. The lowest BCUT2D eigenvalue weighted by Crippen LogP contribution is -2.39. The number of carbonyl (C=O) groups excluding carboxylic acids is 1. The third kappa shape index (κ3) is 3.61. The van der Waals surface area contributed by atoms with Crippen LogP contribution in [0.5, 0.6) is 0 Å². The van der Waals surface area contributed by atoms with Gasteiger partial charge in [-0.2, -0.15) is 0 Å². The molecule has 1 rings (SSSR count). The number of carbonyl (C=O) groups is 1. The summed E-state index contributed by atoms with van der Waals surface area (Å²) in [4.78, 5) is 13.7. The average molecular weight is 226 g/mol. The van der Waals surface area contributed by atoms with Crippen molar-refractivity contribution in [1.29, 1.82) is 0 Å². The first-order chi connectivity index (χ1) is 7.52. The number of ether oxygens (including phenoxy) is 1. The third-order valence-corrected chi connectivity index (χ3v) is 2.75. The highest BCUT2D eigenvalue weighted by Gasteiger charge is 2.18. The number of nitrogens with one attached hydrogen (secondary N) is 1. The van der Waals surface area contributed by atoms with Crippen LogP contribution in [0, 0.1) is 0 Å². The molecule has 0 spiro atoms. The van der Waals surface area contributed by atoms with E-state index in [9.17, 15) is 4.79 Å². The number of nitrogens with zero attached hydrogens (tertiary/aromatic N) is 1. The molecule has 0 bridgehead atoms. The highest BCUT2D eigenvalue weighted by Crippen LogP contribution is 2.11. The molecule has 0 saturated carbocycles. The van der Waals surface area contributed by atoms with E-state index in [1.54, 1.807) is 4.90 Å². The molecule has 0 aromatic rings. The van der Waals surface area contributed by atoms with Crippen LogP contribution >= 0.6 is 0 Å². The van der Waals surface area contributed by atoms with E-state index in [0.29, 0.717) is 13.2 Å². The van der Waals surface area contributed by atoms with Crippen molar-refractivity contribution in [3.05, 3.63) is 11.1 Å². The second-order valence-corrected chi connectivity index (χ2v) is 4.48. The van der Waals surface area contributed by atoms with Gasteiger partial charge in [0, 0.05) is 32.3 Å². The number of hydrogen-bond acceptors (Lipinski definition) is 3. The lowest BCUT2D eigenvalue weighted by atomic mass is 10.0. The zero-order valence-electron chi connectivity index (χ0n) is 10.7. The van der Waals surface area contributed by atoms with E-state index in [-0.39, 0.29) is 12.0 Å². The van der Waals surface area contributed by atoms with Gasteiger partial charge in [-0.05, 0) is 26.3 Å². The molecule has 1 saturated heterocycles. The summed E-state index contributed by atoms with van der Waals surface area (Å²) in [6, 6.07) is 0. The van der Waals surface area contributed by atoms with Crippen molar-refractivity contribution in [2.75, 3.05) is 33.3 Å². The smallest absolute Gasteiger partial charge is 0.249 e. The molecular weight excluding hydrogens is 204 g/mol. The standard InChI is InChI=1S/C12H22N2O2/c1-9(2)16-6-5-14(4)12(15)10(3)11-7-13-8-11/h9,13H,5-8H2,1-4H3. The van der Waals surface area contributed by atoms with Gasteiger partial charge in [0.2, 0.25) is 5.91 Å². The Morgan fingerprint density at radius 3 is 2.56 bits per heavy atom. The largest absolute Gasteiger partial charge is 0.377 e. The van der Waals surface area contributed by atoms with E-state index in [1.807, 2.05) is 27.8 Å². The Morgan fingerprint density at radius 2 is 2.12 bits per heavy atom. The fourth-order valence-corrected chi connectivity index (χ4v) is 1.48. The summed E-state index contributed by atoms with van der Waals surface area (Å²) in [6.45, 7) is 8.85. The molecule has 0 aromatic heterocycles. The number of hydrogen-bond donors (Lipinski definition) is 1. The minimum Gasteiger partial charge on any atom is -0.377 e. The summed E-state index contributed by atoms with van der Waals surface area (Å²) in [6.07, 6.45) is 0.221. The van der Waals surface area contributed by atoms with Crippen molar-refractivity contribution in [2.45, 2.75) is 26.9 Å². The first-order valence-electron chi connectivity index (χ1n) is 5.78. The molecule has 1 N–H and O–H groups in total. The molecule has 4 heteroatoms. The van der Waals surface area contributed by atoms with Gasteiger partial charge in [0.05, 0.1) is 12.7 Å². The lowest BCUT2D eigenvalue weighted by Gasteiger charge is -2.24. The zero-order chi connectivity index (χ0) is 12.1. The molecule has 1 aliphatic heterocycles. The Labute approximate surface area is 97.6 Å². The Balaban J connectivity index is 2.35. The van der Waals surface area contributed by atoms with Crippen LogP contribution in [0.1, 0.15) is 20.8 Å². The molecule has 92 valence electrons. The first kappa shape index (κ1) is 13.2. The highest BCUT2D eigenvalue weighted by molar-refractivity contribution is 5.93. The van der Waals surface area contributed by atoms with Crippen LogP contribution in [0.2, 0.25) is 0 Å². The van der Waals surface area contributed by atoms with E-state index >= 15 is 0 Å². The van der Waals surface area contributed by atoms with Crippen LogP contribution in [0.15, 0.2) is 11.1 Å². The van der Waals surface area contributed by atoms with Crippen LogP contribution in [-0.2, 0) is 9.53 Å². The molecule has 0 radical (unpaired) electrons. The fourth-order valence-electron chi connectivity index (χ4n) is 1.48. The topological polar surface area (TPSA) is 41.6 Å². The normalized spacial score (nSPS) is 14.9. The summed E-state index contributed by atoms with van der Waals surface area (Å²) >= 11 is 0. The molecule has 0 aromatic carbocycles. The van der Waals surface area contributed by atoms with Gasteiger partial charge in [-0.1, -0.05) is 0 Å². The Kier molecular flexibility index (Phi) is 4.96. The van der Waals surface area contributed by atoms with Gasteiger partial charge in [0.15, 0.2) is 0 Å². The SMILES string of the molecule is CC(C(=O)N(C)CCOC(C)C)=C1CNC1. The molecule has 4 nitrogen and oxygen atoms in total. The Bertz CT molecular complexity index is 279. The number of likely N-dealkylation sites (N-methyl/N-ethyl adjacent to an activating group) is 1. The molecule has 0 unspecified atom stereocenters. The van der Waals surface area contributed by atoms with Gasteiger partial charge in [0.1, 0.15) is 0 Å². The van der Waals surface area contributed by atoms with Crippen LogP contribution in [0.3, 0.4) is 0 Å². The zero-order valence-corrected chi connectivity index (χ0v) is 10.7. The van der Waals surface area contributed by atoms with E-state index in [2.05, 4.69) is 5.32 Å². The Morgan fingerprint density at radius 1 is 1.50 bits per heavy atom. The van der Waals surface area contributed by atoms with Crippen LogP contribution in [-0.4, -0.2) is 50.2 Å². The summed E-state index contributed by atoms with van der Waals surface area (Å²) < 4.78 is 5.42. The van der Waals surface area contributed by atoms with E-state index in [1.165, 1.54) is 5.57 Å². The average Bonchev–Trinajstić information content (AvgIpc) is 2.13. The minimum atomic E-state index is 0.115. The van der Waals surface area contributed by atoms with Crippen molar-refractivity contribution in [2.24, 2.45) is 0 Å². The molecule has 16 heavy (non-hydrogen) atoms.